The average molecular weight is 299 g/mol. The summed E-state index contributed by atoms with van der Waals surface area (Å²) in [6.45, 7) is 4.45. The van der Waals surface area contributed by atoms with Gasteiger partial charge in [0.2, 0.25) is 0 Å². The summed E-state index contributed by atoms with van der Waals surface area (Å²) in [5.74, 6) is 2.08. The largest absolute Gasteiger partial charge is 0.469 e. The van der Waals surface area contributed by atoms with Crippen LogP contribution in [0.4, 0.5) is 5.82 Å². The van der Waals surface area contributed by atoms with E-state index in [2.05, 4.69) is 15.2 Å². The quantitative estimate of drug-likeness (QED) is 0.943. The molecule has 0 bridgehead atoms. The van der Waals surface area contributed by atoms with Crippen molar-refractivity contribution in [2.24, 2.45) is 5.92 Å². The Labute approximate surface area is 130 Å². The van der Waals surface area contributed by atoms with Crippen molar-refractivity contribution in [2.45, 2.75) is 19.8 Å². The fraction of sp³-hybridized carbons (Fsp3) is 0.412. The number of pyridine rings is 1. The molecular weight excluding hydrogens is 278 g/mol. The van der Waals surface area contributed by atoms with Crippen molar-refractivity contribution in [1.29, 1.82) is 0 Å². The zero-order chi connectivity index (χ0) is 15.4. The summed E-state index contributed by atoms with van der Waals surface area (Å²) in [5.41, 5.74) is 0.623. The van der Waals surface area contributed by atoms with E-state index >= 15 is 0 Å². The third kappa shape index (κ3) is 3.30. The van der Waals surface area contributed by atoms with Gasteiger partial charge in [0.05, 0.1) is 11.8 Å². The lowest BCUT2D eigenvalue weighted by atomic mass is 9.98. The lowest BCUT2D eigenvalue weighted by Crippen LogP contribution is -2.41. The van der Waals surface area contributed by atoms with Gasteiger partial charge in [0.15, 0.2) is 0 Å². The molecule has 1 fully saturated rings. The topological polar surface area (TPSA) is 58.4 Å². The SMILES string of the molecule is Cc1occc1C(=O)NCC1CCCN(c2ccccn2)C1. The third-order valence-corrected chi connectivity index (χ3v) is 4.15. The molecule has 3 heterocycles. The Bertz CT molecular complexity index is 624. The fourth-order valence-corrected chi connectivity index (χ4v) is 2.93. The maximum atomic E-state index is 12.1. The Morgan fingerprint density at radius 1 is 1.45 bits per heavy atom. The van der Waals surface area contributed by atoms with Gasteiger partial charge in [0.25, 0.3) is 5.91 Å². The number of carbonyl (C=O) groups excluding carboxylic acids is 1. The van der Waals surface area contributed by atoms with Crippen LogP contribution in [0.3, 0.4) is 0 Å². The highest BCUT2D eigenvalue weighted by atomic mass is 16.3. The van der Waals surface area contributed by atoms with Crippen molar-refractivity contribution in [3.05, 3.63) is 48.0 Å². The van der Waals surface area contributed by atoms with E-state index in [0.717, 1.165) is 31.7 Å². The number of anilines is 1. The molecule has 116 valence electrons. The van der Waals surface area contributed by atoms with Crippen LogP contribution in [0.5, 0.6) is 0 Å². The summed E-state index contributed by atoms with van der Waals surface area (Å²) >= 11 is 0. The normalized spacial score (nSPS) is 18.2. The number of furan rings is 1. The molecule has 0 saturated carbocycles. The molecule has 3 rings (SSSR count). The predicted molar refractivity (Wildman–Crippen MR) is 85.0 cm³/mol. The first-order chi connectivity index (χ1) is 10.7. The predicted octanol–water partition coefficient (Wildman–Crippen LogP) is 2.63. The molecule has 1 aliphatic rings. The summed E-state index contributed by atoms with van der Waals surface area (Å²) in [6, 6.07) is 7.69. The Kier molecular flexibility index (Phi) is 4.42. The van der Waals surface area contributed by atoms with Crippen LogP contribution in [0, 0.1) is 12.8 Å². The lowest BCUT2D eigenvalue weighted by Gasteiger charge is -2.33. The number of hydrogen-bond donors (Lipinski definition) is 1. The molecule has 1 saturated heterocycles. The Balaban J connectivity index is 1.55. The minimum Gasteiger partial charge on any atom is -0.469 e. The Hall–Kier alpha value is -2.30. The van der Waals surface area contributed by atoms with Gasteiger partial charge in [-0.3, -0.25) is 4.79 Å². The van der Waals surface area contributed by atoms with Gasteiger partial charge in [0, 0.05) is 25.8 Å². The molecule has 0 radical (unpaired) electrons. The van der Waals surface area contributed by atoms with Gasteiger partial charge in [-0.25, -0.2) is 4.98 Å². The molecule has 1 atom stereocenters. The fourth-order valence-electron chi connectivity index (χ4n) is 2.93. The highest BCUT2D eigenvalue weighted by Gasteiger charge is 2.22. The smallest absolute Gasteiger partial charge is 0.254 e. The maximum Gasteiger partial charge on any atom is 0.254 e. The third-order valence-electron chi connectivity index (χ3n) is 4.15. The number of hydrogen-bond acceptors (Lipinski definition) is 4. The summed E-state index contributed by atoms with van der Waals surface area (Å²) in [7, 11) is 0. The monoisotopic (exact) mass is 299 g/mol. The number of carbonyl (C=O) groups is 1. The molecule has 5 nitrogen and oxygen atoms in total. The summed E-state index contributed by atoms with van der Waals surface area (Å²) < 4.78 is 5.18. The highest BCUT2D eigenvalue weighted by molar-refractivity contribution is 5.95. The van der Waals surface area contributed by atoms with E-state index in [9.17, 15) is 4.79 Å². The van der Waals surface area contributed by atoms with E-state index < -0.39 is 0 Å². The van der Waals surface area contributed by atoms with Gasteiger partial charge in [-0.05, 0) is 43.9 Å². The molecule has 1 amide bonds. The number of rotatable bonds is 4. The van der Waals surface area contributed by atoms with Crippen LogP contribution in [-0.4, -0.2) is 30.5 Å². The molecule has 0 aromatic carbocycles. The average Bonchev–Trinajstić information content (AvgIpc) is 3.00. The van der Waals surface area contributed by atoms with Gasteiger partial charge in [-0.2, -0.15) is 0 Å². The number of amides is 1. The number of nitrogens with one attached hydrogen (secondary N) is 1. The van der Waals surface area contributed by atoms with Crippen LogP contribution in [0.1, 0.15) is 29.0 Å². The van der Waals surface area contributed by atoms with E-state index in [1.54, 1.807) is 19.3 Å². The van der Waals surface area contributed by atoms with E-state index in [-0.39, 0.29) is 5.91 Å². The first-order valence-corrected chi connectivity index (χ1v) is 7.72. The molecule has 0 spiro atoms. The molecular formula is C17H21N3O2. The minimum atomic E-state index is -0.0544. The number of aryl methyl sites for hydroxylation is 1. The Morgan fingerprint density at radius 3 is 3.09 bits per heavy atom. The van der Waals surface area contributed by atoms with Crippen molar-refractivity contribution >= 4 is 11.7 Å². The van der Waals surface area contributed by atoms with Crippen LogP contribution >= 0.6 is 0 Å². The van der Waals surface area contributed by atoms with E-state index in [1.165, 1.54) is 0 Å². The number of nitrogens with zero attached hydrogens (tertiary/aromatic N) is 2. The first kappa shape index (κ1) is 14.6. The zero-order valence-corrected chi connectivity index (χ0v) is 12.8. The highest BCUT2D eigenvalue weighted by Crippen LogP contribution is 2.21. The van der Waals surface area contributed by atoms with Gasteiger partial charge in [-0.1, -0.05) is 6.07 Å². The van der Waals surface area contributed by atoms with Gasteiger partial charge >= 0.3 is 0 Å². The second kappa shape index (κ2) is 6.64. The van der Waals surface area contributed by atoms with Crippen molar-refractivity contribution < 1.29 is 9.21 Å². The number of piperidine rings is 1. The summed E-state index contributed by atoms with van der Waals surface area (Å²) in [4.78, 5) is 18.8. The first-order valence-electron chi connectivity index (χ1n) is 7.72. The summed E-state index contributed by atoms with van der Waals surface area (Å²) in [5, 5.41) is 3.02. The molecule has 2 aromatic rings. The van der Waals surface area contributed by atoms with E-state index in [0.29, 0.717) is 23.8 Å². The lowest BCUT2D eigenvalue weighted by molar-refractivity contribution is 0.0944. The van der Waals surface area contributed by atoms with Gasteiger partial charge in [0.1, 0.15) is 11.6 Å². The zero-order valence-electron chi connectivity index (χ0n) is 12.8. The minimum absolute atomic E-state index is 0.0544. The number of aromatic nitrogens is 1. The van der Waals surface area contributed by atoms with Crippen LogP contribution in [-0.2, 0) is 0 Å². The summed E-state index contributed by atoms with van der Waals surface area (Å²) in [6.07, 6.45) is 5.63. The van der Waals surface area contributed by atoms with Gasteiger partial charge < -0.3 is 14.6 Å². The molecule has 1 unspecified atom stereocenters. The molecule has 2 aromatic heterocycles. The second-order valence-corrected chi connectivity index (χ2v) is 5.74. The van der Waals surface area contributed by atoms with Crippen molar-refractivity contribution in [2.75, 3.05) is 24.5 Å². The molecule has 1 N–H and O–H groups in total. The van der Waals surface area contributed by atoms with Crippen molar-refractivity contribution in [3.63, 3.8) is 0 Å². The maximum absolute atomic E-state index is 12.1. The van der Waals surface area contributed by atoms with Crippen LogP contribution in [0.15, 0.2) is 41.1 Å². The Morgan fingerprint density at radius 2 is 2.36 bits per heavy atom. The van der Waals surface area contributed by atoms with Gasteiger partial charge in [-0.15, -0.1) is 0 Å². The van der Waals surface area contributed by atoms with Crippen LogP contribution in [0.2, 0.25) is 0 Å². The molecule has 1 aliphatic heterocycles. The second-order valence-electron chi connectivity index (χ2n) is 5.74. The molecule has 0 aliphatic carbocycles. The van der Waals surface area contributed by atoms with Crippen molar-refractivity contribution in [3.8, 4) is 0 Å². The van der Waals surface area contributed by atoms with E-state index in [1.807, 2.05) is 24.4 Å². The molecule has 5 heteroatoms. The molecule has 22 heavy (non-hydrogen) atoms. The van der Waals surface area contributed by atoms with Crippen LogP contribution < -0.4 is 10.2 Å². The standard InChI is InChI=1S/C17H21N3O2/c1-13-15(7-10-22-13)17(21)19-11-14-5-4-9-20(12-14)16-6-2-3-8-18-16/h2-3,6-8,10,14H,4-5,9,11-12H2,1H3,(H,19,21). The van der Waals surface area contributed by atoms with Crippen LogP contribution in [0.25, 0.3) is 0 Å². The van der Waals surface area contributed by atoms with E-state index in [4.69, 9.17) is 4.42 Å². The van der Waals surface area contributed by atoms with Crippen molar-refractivity contribution in [1.82, 2.24) is 10.3 Å².